The Hall–Kier alpha value is -3.42. The number of rotatable bonds is 4. The molecule has 0 radical (unpaired) electrons. The van der Waals surface area contributed by atoms with Gasteiger partial charge in [-0.15, -0.1) is 0 Å². The van der Waals surface area contributed by atoms with Crippen molar-refractivity contribution in [1.29, 1.82) is 0 Å². The molecule has 2 aromatic carbocycles. The standard InChI is InChI=1S/C18H17FN4O3/c19-12-3-7-15(8-4-12)23-10-14(9-16(23)24)22-18(26)21-13-5-1-11(2-6-13)17(20)25/h1-8,14H,9-10H2,(H2,20,25)(H2,21,22,26)/t14-/m1/s1. The third-order valence-electron chi connectivity index (χ3n) is 4.03. The highest BCUT2D eigenvalue weighted by Crippen LogP contribution is 2.22. The predicted molar refractivity (Wildman–Crippen MR) is 94.3 cm³/mol. The normalized spacial score (nSPS) is 16.4. The van der Waals surface area contributed by atoms with Crippen LogP contribution < -0.4 is 21.3 Å². The third kappa shape index (κ3) is 3.97. The smallest absolute Gasteiger partial charge is 0.319 e. The lowest BCUT2D eigenvalue weighted by Crippen LogP contribution is -2.39. The first-order valence-electron chi connectivity index (χ1n) is 7.95. The lowest BCUT2D eigenvalue weighted by atomic mass is 10.2. The summed E-state index contributed by atoms with van der Waals surface area (Å²) in [6.07, 6.45) is 0.158. The first-order valence-corrected chi connectivity index (χ1v) is 7.95. The van der Waals surface area contributed by atoms with Gasteiger partial charge < -0.3 is 21.3 Å². The second kappa shape index (κ2) is 7.22. The van der Waals surface area contributed by atoms with Crippen molar-refractivity contribution in [2.45, 2.75) is 12.5 Å². The maximum atomic E-state index is 13.0. The van der Waals surface area contributed by atoms with Crippen molar-refractivity contribution in [3.63, 3.8) is 0 Å². The number of hydrogen-bond acceptors (Lipinski definition) is 3. The molecule has 1 atom stereocenters. The van der Waals surface area contributed by atoms with Crippen LogP contribution in [0.5, 0.6) is 0 Å². The zero-order valence-electron chi connectivity index (χ0n) is 13.7. The Kier molecular flexibility index (Phi) is 4.83. The fraction of sp³-hybridized carbons (Fsp3) is 0.167. The van der Waals surface area contributed by atoms with Gasteiger partial charge in [0, 0.05) is 29.9 Å². The SMILES string of the molecule is NC(=O)c1ccc(NC(=O)N[C@@H]2CC(=O)N(c3ccc(F)cc3)C2)cc1. The van der Waals surface area contributed by atoms with E-state index in [1.54, 1.807) is 12.1 Å². The van der Waals surface area contributed by atoms with E-state index in [-0.39, 0.29) is 24.2 Å². The van der Waals surface area contributed by atoms with Crippen LogP contribution in [0.3, 0.4) is 0 Å². The molecule has 134 valence electrons. The quantitative estimate of drug-likeness (QED) is 0.779. The molecule has 1 aliphatic rings. The van der Waals surface area contributed by atoms with Crippen molar-refractivity contribution in [2.75, 3.05) is 16.8 Å². The molecule has 0 aromatic heterocycles. The molecule has 4 N–H and O–H groups in total. The fourth-order valence-electron chi connectivity index (χ4n) is 2.75. The van der Waals surface area contributed by atoms with Gasteiger partial charge in [-0.3, -0.25) is 9.59 Å². The first-order chi connectivity index (χ1) is 12.4. The van der Waals surface area contributed by atoms with Gasteiger partial charge in [-0.1, -0.05) is 0 Å². The number of hydrogen-bond donors (Lipinski definition) is 3. The van der Waals surface area contributed by atoms with E-state index in [1.807, 2.05) is 0 Å². The van der Waals surface area contributed by atoms with E-state index < -0.39 is 11.9 Å². The van der Waals surface area contributed by atoms with Gasteiger partial charge >= 0.3 is 6.03 Å². The number of carbonyl (C=O) groups is 3. The average Bonchev–Trinajstić information content (AvgIpc) is 2.96. The van der Waals surface area contributed by atoms with Gasteiger partial charge in [0.05, 0.1) is 6.04 Å². The highest BCUT2D eigenvalue weighted by molar-refractivity contribution is 5.98. The molecule has 3 rings (SSSR count). The van der Waals surface area contributed by atoms with Gasteiger partial charge in [0.15, 0.2) is 0 Å². The first kappa shape index (κ1) is 17.4. The second-order valence-electron chi connectivity index (χ2n) is 5.92. The minimum Gasteiger partial charge on any atom is -0.366 e. The van der Waals surface area contributed by atoms with E-state index in [4.69, 9.17) is 5.73 Å². The van der Waals surface area contributed by atoms with Crippen molar-refractivity contribution in [1.82, 2.24) is 5.32 Å². The number of urea groups is 1. The van der Waals surface area contributed by atoms with Gasteiger partial charge in [0.25, 0.3) is 0 Å². The maximum absolute atomic E-state index is 13.0. The number of benzene rings is 2. The van der Waals surface area contributed by atoms with Crippen LogP contribution in [0.2, 0.25) is 0 Å². The van der Waals surface area contributed by atoms with Crippen molar-refractivity contribution in [3.8, 4) is 0 Å². The summed E-state index contributed by atoms with van der Waals surface area (Å²) in [5.74, 6) is -1.07. The van der Waals surface area contributed by atoms with Crippen LogP contribution in [0.15, 0.2) is 48.5 Å². The van der Waals surface area contributed by atoms with E-state index in [9.17, 15) is 18.8 Å². The Morgan fingerprint density at radius 3 is 2.35 bits per heavy atom. The zero-order valence-corrected chi connectivity index (χ0v) is 13.7. The van der Waals surface area contributed by atoms with E-state index in [0.29, 0.717) is 23.5 Å². The number of nitrogens with one attached hydrogen (secondary N) is 2. The Morgan fingerprint density at radius 2 is 1.73 bits per heavy atom. The molecule has 0 aliphatic carbocycles. The second-order valence-corrected chi connectivity index (χ2v) is 5.92. The average molecular weight is 356 g/mol. The number of primary amides is 1. The van der Waals surface area contributed by atoms with Crippen LogP contribution in [0.25, 0.3) is 0 Å². The molecule has 0 bridgehead atoms. The summed E-state index contributed by atoms with van der Waals surface area (Å²) >= 11 is 0. The molecule has 8 heteroatoms. The molecule has 26 heavy (non-hydrogen) atoms. The summed E-state index contributed by atoms with van der Waals surface area (Å²) in [6.45, 7) is 0.304. The number of nitrogens with two attached hydrogens (primary N) is 1. The lowest BCUT2D eigenvalue weighted by molar-refractivity contribution is -0.117. The fourth-order valence-corrected chi connectivity index (χ4v) is 2.75. The number of carbonyl (C=O) groups excluding carboxylic acids is 3. The highest BCUT2D eigenvalue weighted by Gasteiger charge is 2.31. The molecule has 1 heterocycles. The van der Waals surface area contributed by atoms with Gasteiger partial charge in [0.1, 0.15) is 5.82 Å². The lowest BCUT2D eigenvalue weighted by Gasteiger charge is -2.17. The highest BCUT2D eigenvalue weighted by atomic mass is 19.1. The minimum atomic E-state index is -0.550. The molecule has 0 spiro atoms. The number of amides is 4. The van der Waals surface area contributed by atoms with Crippen LogP contribution in [-0.4, -0.2) is 30.4 Å². The summed E-state index contributed by atoms with van der Waals surface area (Å²) in [5, 5.41) is 5.36. The molecule has 7 nitrogen and oxygen atoms in total. The Bertz CT molecular complexity index is 837. The van der Waals surface area contributed by atoms with E-state index in [2.05, 4.69) is 10.6 Å². The number of nitrogens with zero attached hydrogens (tertiary/aromatic N) is 1. The number of halogens is 1. The predicted octanol–water partition coefficient (Wildman–Crippen LogP) is 1.85. The summed E-state index contributed by atoms with van der Waals surface area (Å²) < 4.78 is 13.0. The van der Waals surface area contributed by atoms with Crippen molar-refractivity contribution >= 4 is 29.2 Å². The number of anilines is 2. The molecule has 0 unspecified atom stereocenters. The molecule has 1 fully saturated rings. The van der Waals surface area contributed by atoms with E-state index in [1.165, 1.54) is 41.3 Å². The van der Waals surface area contributed by atoms with Crippen molar-refractivity contribution in [2.24, 2.45) is 5.73 Å². The van der Waals surface area contributed by atoms with Crippen LogP contribution >= 0.6 is 0 Å². The van der Waals surface area contributed by atoms with Gasteiger partial charge in [-0.2, -0.15) is 0 Å². The summed E-state index contributed by atoms with van der Waals surface area (Å²) in [7, 11) is 0. The van der Waals surface area contributed by atoms with Gasteiger partial charge in [-0.25, -0.2) is 9.18 Å². The van der Waals surface area contributed by atoms with Crippen LogP contribution in [0.1, 0.15) is 16.8 Å². The summed E-state index contributed by atoms with van der Waals surface area (Å²) in [4.78, 5) is 36.7. The van der Waals surface area contributed by atoms with Gasteiger partial charge in [0.2, 0.25) is 11.8 Å². The Balaban J connectivity index is 1.57. The Labute approximate surface area is 149 Å². The Morgan fingerprint density at radius 1 is 1.08 bits per heavy atom. The largest absolute Gasteiger partial charge is 0.366 e. The summed E-state index contributed by atoms with van der Waals surface area (Å²) in [6, 6.07) is 10.9. The topological polar surface area (TPSA) is 105 Å². The maximum Gasteiger partial charge on any atom is 0.319 e. The van der Waals surface area contributed by atoms with Crippen LogP contribution in [0.4, 0.5) is 20.6 Å². The molecular formula is C18H17FN4O3. The summed E-state index contributed by atoms with van der Waals surface area (Å²) in [5.41, 5.74) is 6.58. The van der Waals surface area contributed by atoms with Crippen molar-refractivity contribution in [3.05, 3.63) is 59.9 Å². The zero-order chi connectivity index (χ0) is 18.7. The molecular weight excluding hydrogens is 339 g/mol. The van der Waals surface area contributed by atoms with Crippen LogP contribution in [0, 0.1) is 5.82 Å². The van der Waals surface area contributed by atoms with Crippen LogP contribution in [-0.2, 0) is 4.79 Å². The molecule has 0 saturated carbocycles. The van der Waals surface area contributed by atoms with E-state index >= 15 is 0 Å². The minimum absolute atomic E-state index is 0.146. The molecule has 4 amide bonds. The molecule has 1 aliphatic heterocycles. The van der Waals surface area contributed by atoms with Crippen molar-refractivity contribution < 1.29 is 18.8 Å². The molecule has 1 saturated heterocycles. The monoisotopic (exact) mass is 356 g/mol. The third-order valence-corrected chi connectivity index (χ3v) is 4.03. The van der Waals surface area contributed by atoms with E-state index in [0.717, 1.165) is 0 Å². The molecule has 2 aromatic rings. The van der Waals surface area contributed by atoms with Gasteiger partial charge in [-0.05, 0) is 48.5 Å².